The van der Waals surface area contributed by atoms with Crippen LogP contribution in [0.5, 0.6) is 11.5 Å². The Bertz CT molecular complexity index is 2880. The standard InChI is InChI=1S/C52H59ClN8O8S/c1-36-29-40(46(30-37(36)2)38-9-11-41(53)12-10-38)35-59-21-23-60(24-22-59)42-13-16-47(52(33-42,68-43-7-4-3-5-8-43)69-44-14-17-48-39(31-44)34-55-56-48)51(62)57-70(65,66)45-15-18-49(50(32-45)61(63)64)54-19-6-20-58-25-27-67-28-26-58/h3-5,7-18,31-34,36-37,47,54H,6,19-30,35H2,1-2H3,(H,55,56)(H,57,62). The van der Waals surface area contributed by atoms with Gasteiger partial charge in [-0.05, 0) is 109 Å². The number of benzene rings is 4. The van der Waals surface area contributed by atoms with Crippen molar-refractivity contribution in [2.75, 3.05) is 77.4 Å². The molecular formula is C52H59ClN8O8S. The summed E-state index contributed by atoms with van der Waals surface area (Å²) >= 11 is 6.28. The summed E-state index contributed by atoms with van der Waals surface area (Å²) in [7, 11) is -4.68. The molecule has 0 bridgehead atoms. The zero-order valence-electron chi connectivity index (χ0n) is 39.4. The number of hydrogen-bond donors (Lipinski definition) is 3. The molecule has 4 aromatic carbocycles. The lowest BCUT2D eigenvalue weighted by Crippen LogP contribution is -2.56. The molecule has 368 valence electrons. The van der Waals surface area contributed by atoms with E-state index in [1.54, 1.807) is 66.9 Å². The number of aromatic amines is 1. The first-order chi connectivity index (χ1) is 33.8. The number of sulfonamides is 1. The van der Waals surface area contributed by atoms with Crippen molar-refractivity contribution in [1.29, 1.82) is 0 Å². The molecule has 5 aromatic rings. The number of carbonyl (C=O) groups is 1. The topological polar surface area (TPSA) is 184 Å². The zero-order valence-corrected chi connectivity index (χ0v) is 41.0. The molecule has 2 aliphatic heterocycles. The molecule has 4 aliphatic rings. The molecule has 2 aliphatic carbocycles. The average molecular weight is 992 g/mol. The van der Waals surface area contributed by atoms with Gasteiger partial charge in [-0.2, -0.15) is 5.10 Å². The van der Waals surface area contributed by atoms with Gasteiger partial charge in [0.15, 0.2) is 0 Å². The molecule has 9 rings (SSSR count). The van der Waals surface area contributed by atoms with E-state index in [1.165, 1.54) is 28.8 Å². The number of halogens is 1. The van der Waals surface area contributed by atoms with Crippen LogP contribution in [-0.2, 0) is 19.6 Å². The van der Waals surface area contributed by atoms with Crippen LogP contribution in [-0.4, -0.2) is 122 Å². The summed E-state index contributed by atoms with van der Waals surface area (Å²) in [5.41, 5.74) is 5.31. The molecule has 3 heterocycles. The summed E-state index contributed by atoms with van der Waals surface area (Å²) in [5.74, 6) is -2.44. The molecule has 2 fully saturated rings. The number of piperazine rings is 1. The maximum atomic E-state index is 14.7. The van der Waals surface area contributed by atoms with Crippen LogP contribution in [0.3, 0.4) is 0 Å². The van der Waals surface area contributed by atoms with E-state index < -0.39 is 43.1 Å². The van der Waals surface area contributed by atoms with Crippen molar-refractivity contribution in [3.8, 4) is 11.5 Å². The third kappa shape index (κ3) is 11.3. The Morgan fingerprint density at radius 2 is 1.66 bits per heavy atom. The van der Waals surface area contributed by atoms with Gasteiger partial charge in [0, 0.05) is 80.6 Å². The summed E-state index contributed by atoms with van der Waals surface area (Å²) in [6.07, 6.45) is 9.57. The molecule has 4 atom stereocenters. The maximum Gasteiger partial charge on any atom is 0.293 e. The van der Waals surface area contributed by atoms with Crippen LogP contribution in [0.2, 0.25) is 5.02 Å². The van der Waals surface area contributed by atoms with Crippen molar-refractivity contribution in [3.05, 3.63) is 147 Å². The number of carbonyl (C=O) groups excluding carboxylic acids is 1. The van der Waals surface area contributed by atoms with Gasteiger partial charge in [-0.1, -0.05) is 67.4 Å². The number of anilines is 1. The van der Waals surface area contributed by atoms with Crippen molar-refractivity contribution in [2.45, 2.75) is 43.8 Å². The van der Waals surface area contributed by atoms with Gasteiger partial charge in [-0.25, -0.2) is 13.1 Å². The van der Waals surface area contributed by atoms with E-state index >= 15 is 0 Å². The predicted octanol–water partition coefficient (Wildman–Crippen LogP) is 8.13. The second-order valence-electron chi connectivity index (χ2n) is 18.6. The molecule has 2 saturated heterocycles. The number of allylic oxidation sites excluding steroid dienone is 2. The van der Waals surface area contributed by atoms with E-state index in [4.69, 9.17) is 25.8 Å². The number of aromatic nitrogens is 2. The van der Waals surface area contributed by atoms with Crippen LogP contribution >= 0.6 is 11.6 Å². The van der Waals surface area contributed by atoms with E-state index in [2.05, 4.69) is 60.9 Å². The second-order valence-corrected chi connectivity index (χ2v) is 20.7. The first-order valence-corrected chi connectivity index (χ1v) is 25.8. The molecule has 0 spiro atoms. The van der Waals surface area contributed by atoms with Crippen molar-refractivity contribution in [3.63, 3.8) is 0 Å². The number of nitrogens with zero attached hydrogens (tertiary/aromatic N) is 5. The maximum absolute atomic E-state index is 14.7. The Labute approximate surface area is 413 Å². The predicted molar refractivity (Wildman–Crippen MR) is 270 cm³/mol. The fourth-order valence-electron chi connectivity index (χ4n) is 9.72. The molecule has 4 unspecified atom stereocenters. The molecule has 70 heavy (non-hydrogen) atoms. The third-order valence-electron chi connectivity index (χ3n) is 13.9. The fraction of sp³-hybridized carbons (Fsp3) is 0.385. The van der Waals surface area contributed by atoms with Gasteiger partial charge in [-0.3, -0.25) is 29.8 Å². The van der Waals surface area contributed by atoms with E-state index in [9.17, 15) is 23.3 Å². The summed E-state index contributed by atoms with van der Waals surface area (Å²) in [4.78, 5) is 32.9. The lowest BCUT2D eigenvalue weighted by atomic mass is 9.75. The SMILES string of the molecule is CC1CC(CN2CCN(C3=CC(Oc4ccccc4)(Oc4ccc5[nH]ncc5c4)C(C(=O)NS(=O)(=O)c4ccc(NCCCN5CCOCC5)c([N+](=O)[O-])c4)C=C3)CC2)=C(c2ccc(Cl)cc2)CC1C. The zero-order chi connectivity index (χ0) is 48.8. The quantitative estimate of drug-likeness (QED) is 0.0352. The van der Waals surface area contributed by atoms with Gasteiger partial charge in [0.25, 0.3) is 21.5 Å². The van der Waals surface area contributed by atoms with Crippen LogP contribution in [0.1, 0.15) is 38.7 Å². The minimum Gasteiger partial charge on any atom is -0.448 e. The van der Waals surface area contributed by atoms with Gasteiger partial charge in [0.05, 0.1) is 34.7 Å². The number of H-pyrrole nitrogens is 1. The lowest BCUT2D eigenvalue weighted by molar-refractivity contribution is -0.384. The van der Waals surface area contributed by atoms with Crippen molar-refractivity contribution in [2.24, 2.45) is 17.8 Å². The second kappa shape index (κ2) is 21.4. The van der Waals surface area contributed by atoms with E-state index in [0.29, 0.717) is 62.6 Å². The highest BCUT2D eigenvalue weighted by atomic mass is 35.5. The van der Waals surface area contributed by atoms with Crippen molar-refractivity contribution in [1.82, 2.24) is 29.6 Å². The Morgan fingerprint density at radius 3 is 2.41 bits per heavy atom. The molecule has 3 N–H and O–H groups in total. The highest BCUT2D eigenvalue weighted by molar-refractivity contribution is 7.90. The molecule has 18 heteroatoms. The number of fused-ring (bicyclic) bond motifs is 1. The fourth-order valence-corrected chi connectivity index (χ4v) is 10.9. The summed E-state index contributed by atoms with van der Waals surface area (Å²) in [6.45, 7) is 12.6. The highest BCUT2D eigenvalue weighted by Gasteiger charge is 2.49. The van der Waals surface area contributed by atoms with Gasteiger partial charge in [-0.15, -0.1) is 0 Å². The number of nitro groups is 1. The number of hydrogen-bond acceptors (Lipinski definition) is 13. The monoisotopic (exact) mass is 990 g/mol. The average Bonchev–Trinajstić information content (AvgIpc) is 3.83. The molecule has 16 nitrogen and oxygen atoms in total. The van der Waals surface area contributed by atoms with Gasteiger partial charge in [0.1, 0.15) is 23.1 Å². The highest BCUT2D eigenvalue weighted by Crippen LogP contribution is 2.41. The Hall–Kier alpha value is -6.24. The van der Waals surface area contributed by atoms with Gasteiger partial charge < -0.3 is 24.4 Å². The smallest absolute Gasteiger partial charge is 0.293 e. The number of nitro benzene ring substituents is 1. The third-order valence-corrected chi connectivity index (χ3v) is 15.4. The Kier molecular flexibility index (Phi) is 14.9. The van der Waals surface area contributed by atoms with Crippen LogP contribution in [0, 0.1) is 27.9 Å². The first kappa shape index (κ1) is 48.8. The normalized spacial score (nSPS) is 22.4. The van der Waals surface area contributed by atoms with Crippen molar-refractivity contribution < 1.29 is 32.3 Å². The molecule has 0 saturated carbocycles. The summed E-state index contributed by atoms with van der Waals surface area (Å²) in [6, 6.07) is 25.9. The summed E-state index contributed by atoms with van der Waals surface area (Å²) < 4.78 is 49.5. The molecule has 1 amide bonds. The molecular weight excluding hydrogens is 932 g/mol. The van der Waals surface area contributed by atoms with Gasteiger partial charge >= 0.3 is 0 Å². The summed E-state index contributed by atoms with van der Waals surface area (Å²) in [5, 5.41) is 24.0. The van der Waals surface area contributed by atoms with E-state index in [-0.39, 0.29) is 5.69 Å². The van der Waals surface area contributed by atoms with Gasteiger partial charge in [0.2, 0.25) is 5.91 Å². The number of rotatable bonds is 17. The minimum atomic E-state index is -4.68. The van der Waals surface area contributed by atoms with E-state index in [0.717, 1.165) is 79.8 Å². The van der Waals surface area contributed by atoms with Crippen LogP contribution in [0.25, 0.3) is 16.5 Å². The number of nitrogens with one attached hydrogen (secondary N) is 3. The lowest BCUT2D eigenvalue weighted by Gasteiger charge is -2.43. The largest absolute Gasteiger partial charge is 0.448 e. The van der Waals surface area contributed by atoms with Crippen LogP contribution < -0.4 is 19.5 Å². The molecule has 0 radical (unpaired) electrons. The van der Waals surface area contributed by atoms with Crippen LogP contribution in [0.15, 0.2) is 132 Å². The number of ether oxygens (including phenoxy) is 3. The van der Waals surface area contributed by atoms with Crippen LogP contribution in [0.4, 0.5) is 11.4 Å². The Morgan fingerprint density at radius 1 is 0.914 bits per heavy atom. The van der Waals surface area contributed by atoms with E-state index in [1.807, 2.05) is 18.2 Å². The molecule has 1 aromatic heterocycles. The first-order valence-electron chi connectivity index (χ1n) is 23.9. The minimum absolute atomic E-state index is 0.169. The van der Waals surface area contributed by atoms with Crippen molar-refractivity contribution >= 4 is 55.4 Å². The number of morpholine rings is 1. The Balaban J connectivity index is 0.979. The number of para-hydroxylation sites is 1. The number of amides is 1.